The summed E-state index contributed by atoms with van der Waals surface area (Å²) in [6, 6.07) is 22.8. The molecule has 2 aliphatic heterocycles. The van der Waals surface area contributed by atoms with Crippen molar-refractivity contribution in [1.29, 1.82) is 0 Å². The van der Waals surface area contributed by atoms with Crippen LogP contribution < -0.4 is 10.9 Å². The SMILES string of the molecule is CCCCCCCCc1ccc2cc(-c3cc4ccc(C)cc4cc3B3OC(C)(C)C(C)(C)O3)c(B3OC(C)(C)C(C)(C)O3)cc2c1. The number of aryl methyl sites for hydroxylation is 2. The van der Waals surface area contributed by atoms with Crippen molar-refractivity contribution in [2.45, 2.75) is 137 Å². The minimum absolute atomic E-state index is 0.458. The average molecular weight is 633 g/mol. The van der Waals surface area contributed by atoms with E-state index in [1.54, 1.807) is 0 Å². The lowest BCUT2D eigenvalue weighted by Gasteiger charge is -2.32. The maximum absolute atomic E-state index is 6.75. The molecule has 2 heterocycles. The van der Waals surface area contributed by atoms with Crippen LogP contribution in [0.3, 0.4) is 0 Å². The molecule has 4 nitrogen and oxygen atoms in total. The zero-order valence-electron chi connectivity index (χ0n) is 30.5. The third kappa shape index (κ3) is 6.69. The normalized spacial score (nSPS) is 19.7. The van der Waals surface area contributed by atoms with E-state index in [1.807, 2.05) is 0 Å². The Morgan fingerprint density at radius 1 is 0.489 bits per heavy atom. The van der Waals surface area contributed by atoms with Gasteiger partial charge < -0.3 is 18.6 Å². The Labute approximate surface area is 284 Å². The lowest BCUT2D eigenvalue weighted by molar-refractivity contribution is 0.00578. The van der Waals surface area contributed by atoms with Gasteiger partial charge in [0.15, 0.2) is 0 Å². The lowest BCUT2D eigenvalue weighted by atomic mass is 9.68. The standard InChI is InChI=1S/C41H54B2O4/c1-11-12-13-14-15-16-17-29-19-21-31-25-35(37(27-33(31)23-29)43-46-40(7,8)41(9,10)47-43)34-24-30-20-18-28(2)22-32(30)26-36(34)42-44-38(3,4)39(5,6)45-42/h18-27H,11-17H2,1-10H3. The monoisotopic (exact) mass is 632 g/mol. The predicted molar refractivity (Wildman–Crippen MR) is 200 cm³/mol. The first-order valence-corrected chi connectivity index (χ1v) is 17.9. The quantitative estimate of drug-likeness (QED) is 0.129. The number of benzene rings is 4. The van der Waals surface area contributed by atoms with E-state index in [9.17, 15) is 0 Å². The van der Waals surface area contributed by atoms with Gasteiger partial charge in [-0.25, -0.2) is 0 Å². The smallest absolute Gasteiger partial charge is 0.399 e. The largest absolute Gasteiger partial charge is 0.495 e. The Morgan fingerprint density at radius 3 is 1.45 bits per heavy atom. The van der Waals surface area contributed by atoms with Crippen molar-refractivity contribution in [2.75, 3.05) is 0 Å². The van der Waals surface area contributed by atoms with Crippen molar-refractivity contribution < 1.29 is 18.6 Å². The average Bonchev–Trinajstić information content (AvgIpc) is 3.36. The van der Waals surface area contributed by atoms with Crippen LogP contribution in [-0.4, -0.2) is 36.6 Å². The molecular formula is C41H54B2O4. The highest BCUT2D eigenvalue weighted by Gasteiger charge is 2.54. The van der Waals surface area contributed by atoms with Gasteiger partial charge in [-0.2, -0.15) is 0 Å². The summed E-state index contributed by atoms with van der Waals surface area (Å²) < 4.78 is 26.9. The molecule has 6 heteroatoms. The summed E-state index contributed by atoms with van der Waals surface area (Å²) in [6.45, 7) is 21.4. The second kappa shape index (κ2) is 12.7. The first kappa shape index (κ1) is 34.2. The molecule has 6 rings (SSSR count). The van der Waals surface area contributed by atoms with Crippen molar-refractivity contribution in [3.63, 3.8) is 0 Å². The number of fused-ring (bicyclic) bond motifs is 2. The van der Waals surface area contributed by atoms with Gasteiger partial charge in [0.05, 0.1) is 22.4 Å². The van der Waals surface area contributed by atoms with Gasteiger partial charge in [0.25, 0.3) is 0 Å². The van der Waals surface area contributed by atoms with Crippen molar-refractivity contribution in [2.24, 2.45) is 0 Å². The van der Waals surface area contributed by atoms with Crippen LogP contribution in [0.25, 0.3) is 32.7 Å². The Kier molecular flexibility index (Phi) is 9.24. The van der Waals surface area contributed by atoms with Crippen LogP contribution in [0.5, 0.6) is 0 Å². The zero-order valence-corrected chi connectivity index (χ0v) is 30.5. The Balaban J connectivity index is 1.49. The van der Waals surface area contributed by atoms with Crippen molar-refractivity contribution in [3.8, 4) is 11.1 Å². The van der Waals surface area contributed by atoms with E-state index >= 15 is 0 Å². The maximum Gasteiger partial charge on any atom is 0.495 e. The summed E-state index contributed by atoms with van der Waals surface area (Å²) in [6.07, 6.45) is 8.92. The molecule has 248 valence electrons. The van der Waals surface area contributed by atoms with Gasteiger partial charge in [-0.1, -0.05) is 93.1 Å². The molecule has 0 radical (unpaired) electrons. The number of rotatable bonds is 10. The molecule has 0 amide bonds. The molecular weight excluding hydrogens is 578 g/mol. The van der Waals surface area contributed by atoms with Crippen LogP contribution in [0.4, 0.5) is 0 Å². The van der Waals surface area contributed by atoms with Crippen LogP contribution in [0.15, 0.2) is 60.7 Å². The third-order valence-electron chi connectivity index (χ3n) is 11.4. The van der Waals surface area contributed by atoms with E-state index in [1.165, 1.54) is 71.2 Å². The second-order valence-electron chi connectivity index (χ2n) is 16.1. The molecule has 0 aliphatic carbocycles. The van der Waals surface area contributed by atoms with E-state index < -0.39 is 36.6 Å². The molecule has 0 saturated carbocycles. The van der Waals surface area contributed by atoms with Crippen LogP contribution in [0.2, 0.25) is 0 Å². The molecule has 2 saturated heterocycles. The summed E-state index contributed by atoms with van der Waals surface area (Å²) in [5.74, 6) is 0. The van der Waals surface area contributed by atoms with Crippen LogP contribution in [-0.2, 0) is 25.0 Å². The second-order valence-corrected chi connectivity index (χ2v) is 16.1. The first-order chi connectivity index (χ1) is 22.1. The summed E-state index contributed by atoms with van der Waals surface area (Å²) >= 11 is 0. The molecule has 47 heavy (non-hydrogen) atoms. The number of hydrogen-bond acceptors (Lipinski definition) is 4. The Bertz CT molecular complexity index is 1740. The van der Waals surface area contributed by atoms with E-state index in [2.05, 4.69) is 130 Å². The fraction of sp³-hybridized carbons (Fsp3) is 0.512. The van der Waals surface area contributed by atoms with E-state index in [-0.39, 0.29) is 0 Å². The third-order valence-corrected chi connectivity index (χ3v) is 11.4. The van der Waals surface area contributed by atoms with E-state index in [0.29, 0.717) is 0 Å². The molecule has 4 aromatic rings. The van der Waals surface area contributed by atoms with Gasteiger partial charge in [-0.05, 0) is 136 Å². The molecule has 2 aliphatic rings. The predicted octanol–water partition coefficient (Wildman–Crippen LogP) is 9.47. The molecule has 0 bridgehead atoms. The fourth-order valence-electron chi connectivity index (χ4n) is 6.86. The summed E-state index contributed by atoms with van der Waals surface area (Å²) in [5, 5.41) is 4.78. The topological polar surface area (TPSA) is 36.9 Å². The highest BCUT2D eigenvalue weighted by Crippen LogP contribution is 2.40. The van der Waals surface area contributed by atoms with Gasteiger partial charge in [-0.3, -0.25) is 0 Å². The number of unbranched alkanes of at least 4 members (excludes halogenated alkanes) is 5. The molecule has 0 aromatic heterocycles. The van der Waals surface area contributed by atoms with Crippen LogP contribution in [0.1, 0.15) is 112 Å². The lowest BCUT2D eigenvalue weighted by Crippen LogP contribution is -2.41. The van der Waals surface area contributed by atoms with Crippen LogP contribution >= 0.6 is 0 Å². The minimum Gasteiger partial charge on any atom is -0.399 e. The van der Waals surface area contributed by atoms with Crippen molar-refractivity contribution in [1.82, 2.24) is 0 Å². The Hall–Kier alpha value is -2.63. The molecule has 4 aromatic carbocycles. The van der Waals surface area contributed by atoms with Gasteiger partial charge in [0.2, 0.25) is 0 Å². The number of hydrogen-bond donors (Lipinski definition) is 0. The maximum atomic E-state index is 6.75. The first-order valence-electron chi connectivity index (χ1n) is 17.9. The Morgan fingerprint density at radius 2 is 0.936 bits per heavy atom. The fourth-order valence-corrected chi connectivity index (χ4v) is 6.86. The van der Waals surface area contributed by atoms with Gasteiger partial charge in [0.1, 0.15) is 0 Å². The molecule has 0 spiro atoms. The minimum atomic E-state index is -0.513. The molecule has 0 N–H and O–H groups in total. The zero-order chi connectivity index (χ0) is 33.8. The summed E-state index contributed by atoms with van der Waals surface area (Å²) in [4.78, 5) is 0. The van der Waals surface area contributed by atoms with Gasteiger partial charge in [-0.15, -0.1) is 0 Å². The summed E-state index contributed by atoms with van der Waals surface area (Å²) in [7, 11) is -1.03. The van der Waals surface area contributed by atoms with Crippen molar-refractivity contribution in [3.05, 3.63) is 71.8 Å². The van der Waals surface area contributed by atoms with Crippen LogP contribution in [0, 0.1) is 6.92 Å². The molecule has 0 unspecified atom stereocenters. The van der Waals surface area contributed by atoms with Gasteiger partial charge in [0, 0.05) is 0 Å². The van der Waals surface area contributed by atoms with E-state index in [0.717, 1.165) is 28.5 Å². The van der Waals surface area contributed by atoms with Crippen molar-refractivity contribution >= 4 is 46.7 Å². The summed E-state index contributed by atoms with van der Waals surface area (Å²) in [5.41, 5.74) is 5.02. The van der Waals surface area contributed by atoms with Gasteiger partial charge >= 0.3 is 14.2 Å². The highest BCUT2D eigenvalue weighted by atomic mass is 16.7. The molecule has 0 atom stereocenters. The van der Waals surface area contributed by atoms with E-state index in [4.69, 9.17) is 18.6 Å². The highest BCUT2D eigenvalue weighted by molar-refractivity contribution is 6.67. The molecule has 2 fully saturated rings.